The fraction of sp³-hybridized carbons (Fsp3) is 0.133. The monoisotopic (exact) mass is 378 g/mol. The zero-order chi connectivity index (χ0) is 17.7. The van der Waals surface area contributed by atoms with Crippen molar-refractivity contribution in [1.82, 2.24) is 24.5 Å². The summed E-state index contributed by atoms with van der Waals surface area (Å²) in [5.41, 5.74) is 0. The second-order valence-electron chi connectivity index (χ2n) is 4.99. The summed E-state index contributed by atoms with van der Waals surface area (Å²) in [6.45, 7) is 0.547. The van der Waals surface area contributed by atoms with Crippen molar-refractivity contribution in [1.29, 1.82) is 0 Å². The molecule has 8 nitrogen and oxygen atoms in total. The second kappa shape index (κ2) is 7.60. The molecule has 1 aromatic carbocycles. The maximum absolute atomic E-state index is 12.2. The molecular formula is C15H15ClN6O2S. The van der Waals surface area contributed by atoms with Crippen molar-refractivity contribution in [3.8, 4) is 5.82 Å². The van der Waals surface area contributed by atoms with Crippen molar-refractivity contribution in [3.63, 3.8) is 0 Å². The van der Waals surface area contributed by atoms with E-state index in [0.29, 0.717) is 23.2 Å². The van der Waals surface area contributed by atoms with Crippen LogP contribution in [0, 0.1) is 0 Å². The number of benzene rings is 1. The first-order valence-corrected chi connectivity index (χ1v) is 9.22. The lowest BCUT2D eigenvalue weighted by atomic mass is 10.4. The van der Waals surface area contributed by atoms with Crippen molar-refractivity contribution >= 4 is 27.4 Å². The molecule has 2 N–H and O–H groups in total. The lowest BCUT2D eigenvalue weighted by Gasteiger charge is -2.09. The predicted octanol–water partition coefficient (Wildman–Crippen LogP) is 1.71. The van der Waals surface area contributed by atoms with Gasteiger partial charge in [0.1, 0.15) is 12.1 Å². The SMILES string of the molecule is O=S(=O)(NCCNc1cc(-n2cccn2)ncn1)c1cccc(Cl)c1. The summed E-state index contributed by atoms with van der Waals surface area (Å²) >= 11 is 5.82. The Kier molecular flexibility index (Phi) is 5.27. The zero-order valence-corrected chi connectivity index (χ0v) is 14.6. The molecule has 3 aromatic rings. The van der Waals surface area contributed by atoms with E-state index in [0.717, 1.165) is 0 Å². The van der Waals surface area contributed by atoms with E-state index < -0.39 is 10.0 Å². The predicted molar refractivity (Wildman–Crippen MR) is 94.3 cm³/mol. The molecule has 0 saturated heterocycles. The van der Waals surface area contributed by atoms with Gasteiger partial charge in [-0.1, -0.05) is 17.7 Å². The number of hydrogen-bond donors (Lipinski definition) is 2. The molecule has 130 valence electrons. The van der Waals surface area contributed by atoms with Crippen LogP contribution in [0.1, 0.15) is 0 Å². The number of aromatic nitrogens is 4. The molecule has 0 unspecified atom stereocenters. The zero-order valence-electron chi connectivity index (χ0n) is 13.0. The molecule has 0 aliphatic rings. The molecule has 10 heteroatoms. The Labute approximate surface area is 149 Å². The van der Waals surface area contributed by atoms with Crippen molar-refractivity contribution < 1.29 is 8.42 Å². The van der Waals surface area contributed by atoms with Gasteiger partial charge in [0.05, 0.1) is 4.90 Å². The minimum atomic E-state index is -3.60. The molecule has 0 bridgehead atoms. The summed E-state index contributed by atoms with van der Waals surface area (Å²) in [5.74, 6) is 1.18. The van der Waals surface area contributed by atoms with Gasteiger partial charge in [-0.3, -0.25) is 0 Å². The van der Waals surface area contributed by atoms with Crippen molar-refractivity contribution in [2.45, 2.75) is 4.90 Å². The lowest BCUT2D eigenvalue weighted by molar-refractivity contribution is 0.583. The first-order chi connectivity index (χ1) is 12.0. The smallest absolute Gasteiger partial charge is 0.240 e. The highest BCUT2D eigenvalue weighted by Crippen LogP contribution is 2.15. The van der Waals surface area contributed by atoms with Gasteiger partial charge >= 0.3 is 0 Å². The van der Waals surface area contributed by atoms with E-state index in [4.69, 9.17) is 11.6 Å². The molecule has 2 heterocycles. The molecular weight excluding hydrogens is 364 g/mol. The standard InChI is InChI=1S/C15H15ClN6O2S/c16-12-3-1-4-13(9-12)25(23,24)21-7-6-17-14-10-15(19-11-18-14)22-8-2-5-20-22/h1-5,8-11,21H,6-7H2,(H,17,18,19). The Bertz CT molecular complexity index is 946. The molecule has 0 amide bonds. The van der Waals surface area contributed by atoms with Crippen molar-refractivity contribution in [3.05, 3.63) is 60.1 Å². The molecule has 0 fully saturated rings. The number of nitrogens with zero attached hydrogens (tertiary/aromatic N) is 4. The van der Waals surface area contributed by atoms with Gasteiger partial charge in [-0.2, -0.15) is 5.10 Å². The second-order valence-corrected chi connectivity index (χ2v) is 7.20. The normalized spacial score (nSPS) is 11.4. The Hall–Kier alpha value is -2.49. The van der Waals surface area contributed by atoms with E-state index in [1.54, 1.807) is 41.3 Å². The van der Waals surface area contributed by atoms with E-state index in [9.17, 15) is 8.42 Å². The molecule has 0 aliphatic carbocycles. The fourth-order valence-electron chi connectivity index (χ4n) is 2.07. The van der Waals surface area contributed by atoms with Crippen LogP contribution in [0.3, 0.4) is 0 Å². The maximum Gasteiger partial charge on any atom is 0.240 e. The first-order valence-electron chi connectivity index (χ1n) is 7.36. The van der Waals surface area contributed by atoms with Crippen LogP contribution in [0.15, 0.2) is 60.0 Å². The molecule has 25 heavy (non-hydrogen) atoms. The largest absolute Gasteiger partial charge is 0.369 e. The number of nitrogens with one attached hydrogen (secondary N) is 2. The summed E-state index contributed by atoms with van der Waals surface area (Å²) < 4.78 is 28.5. The van der Waals surface area contributed by atoms with Gasteiger partial charge in [-0.05, 0) is 24.3 Å². The third-order valence-corrected chi connectivity index (χ3v) is 4.92. The lowest BCUT2D eigenvalue weighted by Crippen LogP contribution is -2.29. The molecule has 2 aromatic heterocycles. The number of sulfonamides is 1. The summed E-state index contributed by atoms with van der Waals surface area (Å²) in [4.78, 5) is 8.35. The third kappa shape index (κ3) is 4.53. The van der Waals surface area contributed by atoms with Gasteiger partial charge in [0.25, 0.3) is 0 Å². The van der Waals surface area contributed by atoms with Gasteiger partial charge in [-0.15, -0.1) is 0 Å². The van der Waals surface area contributed by atoms with E-state index >= 15 is 0 Å². The minimum Gasteiger partial charge on any atom is -0.369 e. The van der Waals surface area contributed by atoms with E-state index in [2.05, 4.69) is 25.1 Å². The van der Waals surface area contributed by atoms with E-state index in [-0.39, 0.29) is 11.4 Å². The van der Waals surface area contributed by atoms with Crippen LogP contribution >= 0.6 is 11.6 Å². The van der Waals surface area contributed by atoms with Gasteiger partial charge in [0.15, 0.2) is 5.82 Å². The maximum atomic E-state index is 12.2. The van der Waals surface area contributed by atoms with Gasteiger partial charge in [0.2, 0.25) is 10.0 Å². The summed E-state index contributed by atoms with van der Waals surface area (Å²) in [7, 11) is -3.60. The Morgan fingerprint density at radius 1 is 1.12 bits per heavy atom. The van der Waals surface area contributed by atoms with Crippen LogP contribution in [-0.2, 0) is 10.0 Å². The Morgan fingerprint density at radius 2 is 2.00 bits per heavy atom. The number of rotatable bonds is 7. The van der Waals surface area contributed by atoms with Crippen LogP contribution in [0.4, 0.5) is 5.82 Å². The highest BCUT2D eigenvalue weighted by Gasteiger charge is 2.13. The molecule has 0 saturated carbocycles. The number of halogens is 1. The average Bonchev–Trinajstić information content (AvgIpc) is 3.14. The van der Waals surface area contributed by atoms with Crippen LogP contribution < -0.4 is 10.0 Å². The van der Waals surface area contributed by atoms with Crippen LogP contribution in [0.25, 0.3) is 5.82 Å². The number of hydrogen-bond acceptors (Lipinski definition) is 6. The van der Waals surface area contributed by atoms with Gasteiger partial charge in [0, 0.05) is 36.6 Å². The first kappa shape index (κ1) is 17.3. The molecule has 0 spiro atoms. The molecule has 0 radical (unpaired) electrons. The third-order valence-electron chi connectivity index (χ3n) is 3.22. The highest BCUT2D eigenvalue weighted by molar-refractivity contribution is 7.89. The minimum absolute atomic E-state index is 0.128. The van der Waals surface area contributed by atoms with Crippen LogP contribution in [-0.4, -0.2) is 41.3 Å². The van der Waals surface area contributed by atoms with Crippen LogP contribution in [0.5, 0.6) is 0 Å². The summed E-state index contributed by atoms with van der Waals surface area (Å²) in [6.07, 6.45) is 4.83. The average molecular weight is 379 g/mol. The van der Waals surface area contributed by atoms with E-state index in [1.165, 1.54) is 18.5 Å². The number of anilines is 1. The summed E-state index contributed by atoms with van der Waals surface area (Å²) in [5, 5.41) is 7.50. The molecule has 0 aliphatic heterocycles. The van der Waals surface area contributed by atoms with Crippen molar-refractivity contribution in [2.75, 3.05) is 18.4 Å². The topological polar surface area (TPSA) is 102 Å². The molecule has 3 rings (SSSR count). The Balaban J connectivity index is 1.56. The van der Waals surface area contributed by atoms with Crippen LogP contribution in [0.2, 0.25) is 5.02 Å². The fourth-order valence-corrected chi connectivity index (χ4v) is 3.40. The summed E-state index contributed by atoms with van der Waals surface area (Å²) in [6, 6.07) is 9.61. The quantitative estimate of drug-likeness (QED) is 0.607. The van der Waals surface area contributed by atoms with Gasteiger partial charge < -0.3 is 5.32 Å². The Morgan fingerprint density at radius 3 is 2.76 bits per heavy atom. The van der Waals surface area contributed by atoms with Gasteiger partial charge in [-0.25, -0.2) is 27.8 Å². The van der Waals surface area contributed by atoms with E-state index in [1.807, 2.05) is 0 Å². The van der Waals surface area contributed by atoms with Crippen molar-refractivity contribution in [2.24, 2.45) is 0 Å². The molecule has 0 atom stereocenters. The highest BCUT2D eigenvalue weighted by atomic mass is 35.5.